The largest absolute Gasteiger partial charge is 0.490 e. The van der Waals surface area contributed by atoms with Crippen LogP contribution in [0, 0.1) is 0 Å². The summed E-state index contributed by atoms with van der Waals surface area (Å²) in [7, 11) is 0. The lowest BCUT2D eigenvalue weighted by Gasteiger charge is -2.13. The number of aromatic nitrogens is 2. The van der Waals surface area contributed by atoms with E-state index in [1.807, 2.05) is 25.1 Å². The van der Waals surface area contributed by atoms with Gasteiger partial charge in [0.25, 0.3) is 17.0 Å². The van der Waals surface area contributed by atoms with Gasteiger partial charge in [-0.25, -0.2) is 5.43 Å². The van der Waals surface area contributed by atoms with Crippen molar-refractivity contribution in [2.45, 2.75) is 25.4 Å². The van der Waals surface area contributed by atoms with E-state index in [0.29, 0.717) is 57.6 Å². The smallest absolute Gasteiger partial charge is 0.277 e. The maximum Gasteiger partial charge on any atom is 0.277 e. The predicted octanol–water partition coefficient (Wildman–Crippen LogP) is 5.90. The standard InChI is InChI=1S/C28H24Cl2N4O7S/c1-2-36-24-9-17(3-6-22(24)37-13-18-4-7-23-25(10-18)40-16-39-23)12-31-32-26(35)15-42-28-34-33-27(41-28)14-38-21-8-5-19(29)11-20(21)30/h3-12H,2,13-16H2,1H3,(H,32,35)/b31-12-. The van der Waals surface area contributed by atoms with E-state index in [1.54, 1.807) is 36.4 Å². The SMILES string of the molecule is CCOc1cc(/C=N\NC(=O)CSc2nnc(COc3ccc(Cl)cc3Cl)o2)ccc1OCc1ccc2c(c1)OCO2. The van der Waals surface area contributed by atoms with Crippen molar-refractivity contribution in [2.24, 2.45) is 5.10 Å². The van der Waals surface area contributed by atoms with Gasteiger partial charge in [0.15, 0.2) is 29.6 Å². The highest BCUT2D eigenvalue weighted by atomic mass is 35.5. The number of fused-ring (bicyclic) bond motifs is 1. The van der Waals surface area contributed by atoms with Gasteiger partial charge in [-0.3, -0.25) is 4.79 Å². The van der Waals surface area contributed by atoms with Crippen molar-refractivity contribution in [3.63, 3.8) is 0 Å². The number of rotatable bonds is 13. The van der Waals surface area contributed by atoms with Gasteiger partial charge in [-0.15, -0.1) is 10.2 Å². The highest BCUT2D eigenvalue weighted by Crippen LogP contribution is 2.34. The molecule has 2 heterocycles. The molecule has 1 aliphatic heterocycles. The van der Waals surface area contributed by atoms with E-state index >= 15 is 0 Å². The number of ether oxygens (including phenoxy) is 5. The maximum absolute atomic E-state index is 12.3. The van der Waals surface area contributed by atoms with Crippen LogP contribution in [0.4, 0.5) is 0 Å². The van der Waals surface area contributed by atoms with Gasteiger partial charge in [0, 0.05) is 5.02 Å². The number of carbonyl (C=O) groups excluding carboxylic acids is 1. The molecule has 0 unspecified atom stereocenters. The lowest BCUT2D eigenvalue weighted by molar-refractivity contribution is -0.118. The molecule has 0 atom stereocenters. The zero-order valence-electron chi connectivity index (χ0n) is 22.2. The van der Waals surface area contributed by atoms with Crippen LogP contribution < -0.4 is 29.1 Å². The van der Waals surface area contributed by atoms with E-state index in [2.05, 4.69) is 20.7 Å². The summed E-state index contributed by atoms with van der Waals surface area (Å²) >= 11 is 13.0. The monoisotopic (exact) mass is 630 g/mol. The van der Waals surface area contributed by atoms with Crippen molar-refractivity contribution in [1.29, 1.82) is 0 Å². The summed E-state index contributed by atoms with van der Waals surface area (Å²) in [5, 5.41) is 12.9. The Morgan fingerprint density at radius 1 is 0.976 bits per heavy atom. The van der Waals surface area contributed by atoms with Gasteiger partial charge < -0.3 is 28.1 Å². The van der Waals surface area contributed by atoms with E-state index < -0.39 is 0 Å². The fourth-order valence-electron chi connectivity index (χ4n) is 3.61. The first kappa shape index (κ1) is 29.4. The van der Waals surface area contributed by atoms with Gasteiger partial charge >= 0.3 is 0 Å². The third-order valence-electron chi connectivity index (χ3n) is 5.52. The molecule has 4 aromatic rings. The molecule has 1 amide bonds. The molecule has 14 heteroatoms. The fraction of sp³-hybridized carbons (Fsp3) is 0.214. The second-order valence-corrected chi connectivity index (χ2v) is 10.3. The van der Waals surface area contributed by atoms with Crippen molar-refractivity contribution >= 4 is 47.1 Å². The minimum Gasteiger partial charge on any atom is -0.490 e. The van der Waals surface area contributed by atoms with Crippen molar-refractivity contribution in [3.8, 4) is 28.7 Å². The van der Waals surface area contributed by atoms with Crippen molar-refractivity contribution in [3.05, 3.63) is 81.7 Å². The number of hydrogen-bond donors (Lipinski definition) is 1. The summed E-state index contributed by atoms with van der Waals surface area (Å²) in [5.41, 5.74) is 4.12. The molecule has 3 aromatic carbocycles. The Kier molecular flexibility index (Phi) is 9.90. The second-order valence-electron chi connectivity index (χ2n) is 8.52. The number of amides is 1. The first-order valence-electron chi connectivity index (χ1n) is 12.6. The van der Waals surface area contributed by atoms with Crippen LogP contribution in [0.1, 0.15) is 23.9 Å². The molecule has 5 rings (SSSR count). The van der Waals surface area contributed by atoms with Crippen LogP contribution in [0.3, 0.4) is 0 Å². The van der Waals surface area contributed by atoms with E-state index in [4.69, 9.17) is 51.3 Å². The summed E-state index contributed by atoms with van der Waals surface area (Å²) in [4.78, 5) is 12.3. The third-order valence-corrected chi connectivity index (χ3v) is 6.87. The molecule has 0 saturated carbocycles. The molecule has 0 spiro atoms. The number of thioether (sulfide) groups is 1. The maximum atomic E-state index is 12.3. The molecule has 11 nitrogen and oxygen atoms in total. The summed E-state index contributed by atoms with van der Waals surface area (Å²) in [6.45, 7) is 2.89. The first-order valence-corrected chi connectivity index (χ1v) is 14.3. The molecule has 0 aliphatic carbocycles. The van der Waals surface area contributed by atoms with Crippen molar-refractivity contribution < 1.29 is 32.9 Å². The van der Waals surface area contributed by atoms with Crippen LogP contribution in [0.25, 0.3) is 0 Å². The number of hydrazone groups is 1. The normalized spacial score (nSPS) is 12.0. The van der Waals surface area contributed by atoms with Crippen molar-refractivity contribution in [1.82, 2.24) is 15.6 Å². The molecule has 0 radical (unpaired) electrons. The highest BCUT2D eigenvalue weighted by Gasteiger charge is 2.15. The van der Waals surface area contributed by atoms with Crippen molar-refractivity contribution in [2.75, 3.05) is 19.2 Å². The summed E-state index contributed by atoms with van der Waals surface area (Å²) in [6, 6.07) is 15.9. The Hall–Kier alpha value is -4.13. The van der Waals surface area contributed by atoms with Gasteiger partial charge in [-0.1, -0.05) is 41.0 Å². The summed E-state index contributed by atoms with van der Waals surface area (Å²) < 4.78 is 33.6. The van der Waals surface area contributed by atoms with Crippen LogP contribution in [0.15, 0.2) is 69.3 Å². The molecular weight excluding hydrogens is 607 g/mol. The van der Waals surface area contributed by atoms with E-state index in [9.17, 15) is 4.79 Å². The Balaban J connectivity index is 1.08. The molecule has 42 heavy (non-hydrogen) atoms. The van der Waals surface area contributed by atoms with Crippen LogP contribution >= 0.6 is 35.0 Å². The fourth-order valence-corrected chi connectivity index (χ4v) is 4.65. The van der Waals surface area contributed by atoms with Gasteiger partial charge in [0.05, 0.1) is 23.6 Å². The van der Waals surface area contributed by atoms with Gasteiger partial charge in [-0.2, -0.15) is 5.10 Å². The van der Waals surface area contributed by atoms with Gasteiger partial charge in [0.1, 0.15) is 12.4 Å². The minimum atomic E-state index is -0.353. The molecule has 218 valence electrons. The van der Waals surface area contributed by atoms with E-state index in [-0.39, 0.29) is 36.2 Å². The number of carbonyl (C=O) groups is 1. The molecule has 0 fully saturated rings. The Morgan fingerprint density at radius 2 is 1.81 bits per heavy atom. The topological polar surface area (TPSA) is 127 Å². The average molecular weight is 631 g/mol. The molecule has 1 N–H and O–H groups in total. The zero-order valence-corrected chi connectivity index (χ0v) is 24.5. The molecule has 0 saturated heterocycles. The third kappa shape index (κ3) is 7.99. The lowest BCUT2D eigenvalue weighted by atomic mass is 10.2. The Labute approximate surface area is 255 Å². The predicted molar refractivity (Wildman–Crippen MR) is 156 cm³/mol. The lowest BCUT2D eigenvalue weighted by Crippen LogP contribution is -2.19. The number of nitrogens with zero attached hydrogens (tertiary/aromatic N) is 3. The summed E-state index contributed by atoms with van der Waals surface area (Å²) in [6.07, 6.45) is 1.51. The number of benzene rings is 3. The number of nitrogens with one attached hydrogen (secondary N) is 1. The number of hydrogen-bond acceptors (Lipinski definition) is 11. The quantitative estimate of drug-likeness (QED) is 0.108. The van der Waals surface area contributed by atoms with Crippen LogP contribution in [-0.4, -0.2) is 41.5 Å². The summed E-state index contributed by atoms with van der Waals surface area (Å²) in [5.74, 6) is 2.87. The van der Waals surface area contributed by atoms with Gasteiger partial charge in [-0.05, 0) is 66.6 Å². The van der Waals surface area contributed by atoms with Crippen LogP contribution in [0.2, 0.25) is 10.0 Å². The molecule has 0 bridgehead atoms. The molecule has 1 aliphatic rings. The van der Waals surface area contributed by atoms with Gasteiger partial charge in [0.2, 0.25) is 6.79 Å². The highest BCUT2D eigenvalue weighted by molar-refractivity contribution is 7.99. The zero-order chi connectivity index (χ0) is 29.3. The van der Waals surface area contributed by atoms with Crippen LogP contribution in [-0.2, 0) is 18.0 Å². The average Bonchev–Trinajstić information content (AvgIpc) is 3.64. The number of halogens is 2. The van der Waals surface area contributed by atoms with E-state index in [0.717, 1.165) is 17.3 Å². The molecular formula is C28H24Cl2N4O7S. The Morgan fingerprint density at radius 3 is 2.67 bits per heavy atom. The molecule has 1 aromatic heterocycles. The Bertz CT molecular complexity index is 1580. The van der Waals surface area contributed by atoms with Crippen LogP contribution in [0.5, 0.6) is 28.7 Å². The second kappa shape index (κ2) is 14.2. The van der Waals surface area contributed by atoms with E-state index in [1.165, 1.54) is 6.21 Å². The minimum absolute atomic E-state index is 0.0113. The first-order chi connectivity index (χ1) is 20.5.